The minimum Gasteiger partial charge on any atom is -0.465 e. The number of carbonyl (C=O) groups excluding carboxylic acids is 3. The summed E-state index contributed by atoms with van der Waals surface area (Å²) in [6.45, 7) is 13.7. The number of methoxy groups -OCH3 is 1. The Morgan fingerprint density at radius 3 is 1.12 bits per heavy atom. The number of nitrogens with two attached hydrogens (primary N) is 4. The van der Waals surface area contributed by atoms with Crippen LogP contribution in [0.5, 0.6) is 0 Å². The first-order valence-electron chi connectivity index (χ1n) is 30.7. The van der Waals surface area contributed by atoms with E-state index >= 15 is 0 Å². The molecule has 8 aromatic heterocycles. The predicted molar refractivity (Wildman–Crippen MR) is 395 cm³/mol. The smallest absolute Gasteiger partial charge is 0.337 e. The summed E-state index contributed by atoms with van der Waals surface area (Å²) in [5, 5.41) is 11.7. The highest BCUT2D eigenvalue weighted by molar-refractivity contribution is 6.32. The molecule has 508 valence electrons. The number of nitrogen functional groups attached to an aromatic ring is 3. The molecule has 0 spiro atoms. The van der Waals surface area contributed by atoms with Crippen molar-refractivity contribution in [3.63, 3.8) is 0 Å². The molecule has 8 heterocycles. The number of nitrogens with one attached hydrogen (secondary N) is 2. The maximum absolute atomic E-state index is 12.8. The average molecular weight is 1390 g/mol. The Labute approximate surface area is 586 Å². The summed E-state index contributed by atoms with van der Waals surface area (Å²) in [4.78, 5) is 96.5. The quantitative estimate of drug-likeness (QED) is 0.0435. The molecule has 99 heavy (non-hydrogen) atoms. The molecule has 0 atom stereocenters. The molecule has 0 saturated carbocycles. The summed E-state index contributed by atoms with van der Waals surface area (Å²) in [5.74, 6) is 0.0189. The zero-order valence-electron chi connectivity index (χ0n) is 54.8. The minimum atomic E-state index is -0.436. The van der Waals surface area contributed by atoms with Crippen LogP contribution in [-0.4, -0.2) is 63.5 Å². The van der Waals surface area contributed by atoms with Gasteiger partial charge in [-0.25, -0.2) is 14.8 Å². The highest BCUT2D eigenvalue weighted by atomic mass is 35.5. The van der Waals surface area contributed by atoms with Gasteiger partial charge in [0.05, 0.1) is 49.4 Å². The van der Waals surface area contributed by atoms with Crippen LogP contribution in [0.4, 0.5) is 17.3 Å². The zero-order chi connectivity index (χ0) is 70.5. The molecule has 2 amide bonds. The number of fused-ring (bicyclic) bond motifs is 3. The van der Waals surface area contributed by atoms with Crippen LogP contribution in [0.3, 0.4) is 0 Å². The third-order valence-corrected chi connectivity index (χ3v) is 16.8. The number of nitrogens with zero attached hydrogens (tertiary/aromatic N) is 8. The van der Waals surface area contributed by atoms with E-state index in [9.17, 15) is 28.8 Å². The van der Waals surface area contributed by atoms with Crippen LogP contribution in [0, 0.1) is 41.5 Å². The Hall–Kier alpha value is -11.1. The molecule has 0 radical (unpaired) electrons. The fourth-order valence-corrected chi connectivity index (χ4v) is 11.6. The maximum Gasteiger partial charge on any atom is 0.337 e. The highest BCUT2D eigenvalue weighted by Crippen LogP contribution is 2.22. The summed E-state index contributed by atoms with van der Waals surface area (Å²) in [6.07, 6.45) is 9.75. The summed E-state index contributed by atoms with van der Waals surface area (Å²) < 4.78 is 9.35. The van der Waals surface area contributed by atoms with Crippen molar-refractivity contribution in [1.82, 2.24) is 49.3 Å². The second kappa shape index (κ2) is 33.2. The molecule has 0 fully saturated rings. The molecule has 0 aliphatic rings. The first-order valence-corrected chi connectivity index (χ1v) is 31.9. The van der Waals surface area contributed by atoms with E-state index in [1.54, 1.807) is 148 Å². The van der Waals surface area contributed by atoms with Crippen molar-refractivity contribution in [3.8, 4) is 0 Å². The standard InChI is InChI=1S/2C24H22ClN5O2.C17H13ClN2O3.C9H14N2.CH4/c2*1-14-9-22(26)29-15(2)21(14)12-28-23(31)17-5-7-27-19(11-17)13-30-8-6-16-10-18(25)3-4-20(16)24(30)32;1-23-17(22)12-4-6-19-14(9-12)10-20-7-5-11-8-13(18)2-3-15(11)16(20)21;1-6-3-8(11)4-7(2)9(6)5-10;/h2*3-11H,12-13H2,1-2H3,(H2,26,29)(H,28,31);2-9H,10H2,1H3;3-4H,5,10-11H2,1-2H3;1H4. The lowest BCUT2D eigenvalue weighted by Crippen LogP contribution is -2.25. The lowest BCUT2D eigenvalue weighted by molar-refractivity contribution is 0.0600. The van der Waals surface area contributed by atoms with E-state index in [0.717, 1.165) is 55.5 Å². The SMILES string of the molecule is C.COC(=O)c1ccnc(Cn2ccc3cc(Cl)ccc3c2=O)c1.Cc1cc(N)cc(C)c1CN.Cc1cc(N)nc(C)c1CNC(=O)c1ccnc(Cn2ccc3cc(Cl)ccc3c2=O)c1.Cc1cc(N)nc(C)c1CNC(=O)c1ccnc(Cn2ccc3cc(Cl)ccc3c2=O)c1. The molecule has 0 saturated heterocycles. The van der Waals surface area contributed by atoms with Gasteiger partial charge in [0.25, 0.3) is 28.5 Å². The maximum atomic E-state index is 12.8. The van der Waals surface area contributed by atoms with E-state index < -0.39 is 5.97 Å². The molecule has 0 aliphatic heterocycles. The molecular weight excluding hydrogens is 1320 g/mol. The molecule has 0 unspecified atom stereocenters. The minimum absolute atomic E-state index is 0. The van der Waals surface area contributed by atoms with E-state index in [0.29, 0.717) is 96.3 Å². The number of ether oxygens (including phenoxy) is 1. The first-order chi connectivity index (χ1) is 46.9. The van der Waals surface area contributed by atoms with Crippen molar-refractivity contribution in [2.24, 2.45) is 5.73 Å². The summed E-state index contributed by atoms with van der Waals surface area (Å²) in [7, 11) is 1.32. The Morgan fingerprint density at radius 1 is 0.455 bits per heavy atom. The number of pyridine rings is 8. The number of halogens is 3. The van der Waals surface area contributed by atoms with Crippen LogP contribution in [0.2, 0.25) is 15.1 Å². The number of amides is 2. The zero-order valence-corrected chi connectivity index (χ0v) is 57.1. The van der Waals surface area contributed by atoms with Crippen LogP contribution in [0.15, 0.2) is 185 Å². The average Bonchev–Trinajstić information content (AvgIpc) is 0.811. The van der Waals surface area contributed by atoms with Crippen LogP contribution in [-0.2, 0) is 44.0 Å². The number of hydrogen-bond acceptors (Lipinski definition) is 16. The lowest BCUT2D eigenvalue weighted by atomic mass is 10.0. The van der Waals surface area contributed by atoms with Crippen LogP contribution in [0.1, 0.15) is 106 Å². The number of aromatic nitrogens is 8. The third-order valence-electron chi connectivity index (χ3n) is 16.1. The van der Waals surface area contributed by atoms with Crippen molar-refractivity contribution in [1.29, 1.82) is 0 Å². The summed E-state index contributed by atoms with van der Waals surface area (Å²) in [6, 6.07) is 38.3. The predicted octanol–water partition coefficient (Wildman–Crippen LogP) is 12.1. The normalized spacial score (nSPS) is 10.7. The molecule has 0 aliphatic carbocycles. The fraction of sp³-hybridized carbons (Fsp3) is 0.187. The number of hydrogen-bond donors (Lipinski definition) is 6. The van der Waals surface area contributed by atoms with Crippen molar-refractivity contribution in [2.75, 3.05) is 24.3 Å². The van der Waals surface area contributed by atoms with Crippen molar-refractivity contribution in [2.45, 2.75) is 88.2 Å². The van der Waals surface area contributed by atoms with Gasteiger partial charge in [-0.2, -0.15) is 0 Å². The van der Waals surface area contributed by atoms with Crippen molar-refractivity contribution >= 4 is 102 Å². The molecule has 12 aromatic rings. The van der Waals surface area contributed by atoms with E-state index in [4.69, 9.17) is 57.7 Å². The Kier molecular flexibility index (Phi) is 24.7. The largest absolute Gasteiger partial charge is 0.465 e. The second-order valence-electron chi connectivity index (χ2n) is 23.1. The molecule has 4 aromatic carbocycles. The lowest BCUT2D eigenvalue weighted by Gasteiger charge is -2.12. The molecule has 24 heteroatoms. The van der Waals surface area contributed by atoms with E-state index in [2.05, 4.69) is 40.3 Å². The number of carbonyl (C=O) groups is 3. The van der Waals surface area contributed by atoms with Gasteiger partial charge in [-0.3, -0.25) is 38.9 Å². The van der Waals surface area contributed by atoms with Gasteiger partial charge in [0.1, 0.15) is 11.6 Å². The van der Waals surface area contributed by atoms with Gasteiger partial charge in [-0.1, -0.05) is 42.2 Å². The van der Waals surface area contributed by atoms with Crippen molar-refractivity contribution < 1.29 is 19.1 Å². The van der Waals surface area contributed by atoms with Gasteiger partial charge in [-0.15, -0.1) is 0 Å². The first kappa shape index (κ1) is 73.7. The number of anilines is 3. The van der Waals surface area contributed by atoms with Crippen LogP contribution >= 0.6 is 34.8 Å². The van der Waals surface area contributed by atoms with Gasteiger partial charge in [-0.05, 0) is 230 Å². The summed E-state index contributed by atoms with van der Waals surface area (Å²) >= 11 is 18.0. The molecule has 12 rings (SSSR count). The van der Waals surface area contributed by atoms with Gasteiger partial charge in [0, 0.05) is 116 Å². The van der Waals surface area contributed by atoms with Gasteiger partial charge < -0.3 is 52.0 Å². The van der Waals surface area contributed by atoms with E-state index in [1.807, 2.05) is 71.9 Å². The van der Waals surface area contributed by atoms with E-state index in [1.165, 1.54) is 30.0 Å². The number of rotatable bonds is 14. The molecule has 0 bridgehead atoms. The number of esters is 1. The molecule has 10 N–H and O–H groups in total. The molecule has 21 nitrogen and oxygen atoms in total. The molecular formula is C75H75Cl3N14O7. The topological polar surface area (TPSA) is 319 Å². The Morgan fingerprint density at radius 2 is 0.788 bits per heavy atom. The number of aryl methyl sites for hydroxylation is 6. The van der Waals surface area contributed by atoms with Gasteiger partial charge in [0.15, 0.2) is 0 Å². The second-order valence-corrected chi connectivity index (χ2v) is 24.4. The fourth-order valence-electron chi connectivity index (χ4n) is 11.1. The van der Waals surface area contributed by atoms with Gasteiger partial charge >= 0.3 is 5.97 Å². The monoisotopic (exact) mass is 1390 g/mol. The Bertz CT molecular complexity index is 4930. The highest BCUT2D eigenvalue weighted by Gasteiger charge is 2.16. The third kappa shape index (κ3) is 18.7. The van der Waals surface area contributed by atoms with Gasteiger partial charge in [0.2, 0.25) is 0 Å². The number of benzene rings is 4. The Balaban J connectivity index is 0.000000177. The van der Waals surface area contributed by atoms with E-state index in [-0.39, 0.29) is 55.6 Å². The van der Waals surface area contributed by atoms with Crippen LogP contribution in [0.25, 0.3) is 32.3 Å². The van der Waals surface area contributed by atoms with Crippen LogP contribution < -0.4 is 50.2 Å². The summed E-state index contributed by atoms with van der Waals surface area (Å²) in [5.41, 5.74) is 35.3. The van der Waals surface area contributed by atoms with Crippen molar-refractivity contribution in [3.05, 3.63) is 301 Å².